The van der Waals surface area contributed by atoms with E-state index in [0.717, 1.165) is 4.68 Å². The Kier molecular flexibility index (Phi) is 6.47. The number of carboxylic acid groups (broad SMARTS) is 1. The summed E-state index contributed by atoms with van der Waals surface area (Å²) in [6.45, 7) is 2.90. The Bertz CT molecular complexity index is 662. The van der Waals surface area contributed by atoms with Crippen LogP contribution in [0.5, 0.6) is 0 Å². The number of alkyl halides is 2. The molecule has 0 saturated carbocycles. The smallest absolute Gasteiger partial charge is 0.372 e. The van der Waals surface area contributed by atoms with E-state index < -0.39 is 55.0 Å². The fourth-order valence-electron chi connectivity index (χ4n) is 3.02. The summed E-state index contributed by atoms with van der Waals surface area (Å²) in [5.41, 5.74) is 6.37. The van der Waals surface area contributed by atoms with Gasteiger partial charge < -0.3 is 30.9 Å². The van der Waals surface area contributed by atoms with Gasteiger partial charge in [0.25, 0.3) is 0 Å². The number of nitrogens with two attached hydrogens (primary N) is 1. The van der Waals surface area contributed by atoms with Crippen molar-refractivity contribution in [2.75, 3.05) is 6.61 Å². The molecule has 27 heavy (non-hydrogen) atoms. The van der Waals surface area contributed by atoms with Crippen LogP contribution in [0, 0.1) is 5.92 Å². The Balaban J connectivity index is 2.43. The van der Waals surface area contributed by atoms with Crippen molar-refractivity contribution in [2.45, 2.75) is 62.7 Å². The van der Waals surface area contributed by atoms with Crippen molar-refractivity contribution in [1.82, 2.24) is 15.0 Å². The van der Waals surface area contributed by atoms with Crippen molar-refractivity contribution in [3.05, 3.63) is 11.9 Å². The van der Waals surface area contributed by atoms with Gasteiger partial charge in [-0.1, -0.05) is 19.1 Å². The lowest BCUT2D eigenvalue weighted by atomic mass is 9.86. The number of aliphatic hydroxyl groups excluding tert-OH is 3. The molecule has 2 heterocycles. The number of aromatic nitrogens is 3. The Labute approximate surface area is 153 Å². The summed E-state index contributed by atoms with van der Waals surface area (Å²) in [5, 5.41) is 45.3. The molecule has 10 nitrogen and oxygen atoms in total. The lowest BCUT2D eigenvalue weighted by Gasteiger charge is -2.45. The highest BCUT2D eigenvalue weighted by Crippen LogP contribution is 2.40. The highest BCUT2D eigenvalue weighted by molar-refractivity contribution is 5.76. The SMILES string of the molecule is CC(C)Cc1cn([C@H]2C(F)C(F)(C(=O)O)O[C@@H]([C@H](O)[C@H](O)CO)[C@@H]2N)nn1. The summed E-state index contributed by atoms with van der Waals surface area (Å²) in [4.78, 5) is 11.3. The second-order valence-electron chi connectivity index (χ2n) is 7.03. The van der Waals surface area contributed by atoms with Gasteiger partial charge in [0, 0.05) is 6.20 Å². The molecule has 1 aromatic rings. The second-order valence-corrected chi connectivity index (χ2v) is 7.03. The second kappa shape index (κ2) is 8.10. The van der Waals surface area contributed by atoms with Crippen LogP contribution in [0.3, 0.4) is 0 Å². The van der Waals surface area contributed by atoms with Gasteiger partial charge in [0.1, 0.15) is 24.4 Å². The van der Waals surface area contributed by atoms with Gasteiger partial charge in [-0.25, -0.2) is 13.9 Å². The zero-order valence-electron chi connectivity index (χ0n) is 14.8. The topological polar surface area (TPSA) is 164 Å². The van der Waals surface area contributed by atoms with Crippen molar-refractivity contribution < 1.29 is 38.7 Å². The van der Waals surface area contributed by atoms with Crippen LogP contribution in [0.15, 0.2) is 6.20 Å². The Morgan fingerprint density at radius 2 is 2.11 bits per heavy atom. The molecule has 0 bridgehead atoms. The molecule has 1 aromatic heterocycles. The molecule has 154 valence electrons. The van der Waals surface area contributed by atoms with Crippen molar-refractivity contribution in [3.63, 3.8) is 0 Å². The van der Waals surface area contributed by atoms with Crippen LogP contribution >= 0.6 is 0 Å². The summed E-state index contributed by atoms with van der Waals surface area (Å²) in [5.74, 6) is -5.90. The van der Waals surface area contributed by atoms with E-state index >= 15 is 0 Å². The van der Waals surface area contributed by atoms with Gasteiger partial charge >= 0.3 is 11.8 Å². The fourth-order valence-corrected chi connectivity index (χ4v) is 3.02. The number of hydrogen-bond acceptors (Lipinski definition) is 8. The number of hydrogen-bond donors (Lipinski definition) is 5. The number of rotatable bonds is 7. The third-order valence-electron chi connectivity index (χ3n) is 4.43. The average Bonchev–Trinajstić information content (AvgIpc) is 3.04. The highest BCUT2D eigenvalue weighted by atomic mass is 19.2. The Hall–Kier alpha value is -1.73. The lowest BCUT2D eigenvalue weighted by Crippen LogP contribution is -2.67. The molecular weight excluding hydrogens is 370 g/mol. The van der Waals surface area contributed by atoms with E-state index in [4.69, 9.17) is 15.9 Å². The summed E-state index contributed by atoms with van der Waals surface area (Å²) in [7, 11) is 0. The van der Waals surface area contributed by atoms with Crippen LogP contribution in [0.2, 0.25) is 0 Å². The normalized spacial score (nSPS) is 33.8. The molecule has 1 fully saturated rings. The highest BCUT2D eigenvalue weighted by Gasteiger charge is 2.63. The monoisotopic (exact) mass is 394 g/mol. The van der Waals surface area contributed by atoms with Crippen LogP contribution in [0.4, 0.5) is 8.78 Å². The van der Waals surface area contributed by atoms with E-state index in [1.54, 1.807) is 0 Å². The van der Waals surface area contributed by atoms with E-state index in [1.807, 2.05) is 13.8 Å². The number of carboxylic acids is 1. The summed E-state index contributed by atoms with van der Waals surface area (Å²) in [6, 6.07) is -3.17. The molecule has 7 atom stereocenters. The summed E-state index contributed by atoms with van der Waals surface area (Å²) in [6.07, 6.45) is -6.56. The maximum atomic E-state index is 14.8. The Morgan fingerprint density at radius 3 is 2.63 bits per heavy atom. The van der Waals surface area contributed by atoms with E-state index in [-0.39, 0.29) is 5.92 Å². The largest absolute Gasteiger partial charge is 0.477 e. The first-order valence-electron chi connectivity index (χ1n) is 8.40. The summed E-state index contributed by atoms with van der Waals surface area (Å²) < 4.78 is 35.2. The van der Waals surface area contributed by atoms with Crippen molar-refractivity contribution in [3.8, 4) is 0 Å². The summed E-state index contributed by atoms with van der Waals surface area (Å²) >= 11 is 0. The number of ether oxygens (including phenoxy) is 1. The molecule has 0 aliphatic carbocycles. The van der Waals surface area contributed by atoms with Gasteiger partial charge in [-0.2, -0.15) is 4.39 Å². The standard InChI is InChI=1S/C15H24F2N4O6/c1-6(2)3-7-4-21(20-19-7)10-9(18)12(11(24)8(23)5-22)27-15(17,13(10)16)14(25)26/h4,6,8-13,22-24H,3,5,18H2,1-2H3,(H,25,26)/t8-,9-,10-,11-,12-,13?,15?/m1/s1. The number of nitrogens with zero attached hydrogens (tertiary/aromatic N) is 3. The van der Waals surface area contributed by atoms with Gasteiger partial charge in [0.15, 0.2) is 6.17 Å². The van der Waals surface area contributed by atoms with E-state index in [2.05, 4.69) is 15.0 Å². The van der Waals surface area contributed by atoms with E-state index in [1.165, 1.54) is 6.20 Å². The first-order valence-corrected chi connectivity index (χ1v) is 8.40. The molecule has 1 aliphatic rings. The molecule has 2 rings (SSSR count). The quantitative estimate of drug-likeness (QED) is 0.372. The molecule has 12 heteroatoms. The molecule has 2 unspecified atom stereocenters. The van der Waals surface area contributed by atoms with Crippen LogP contribution in [0.25, 0.3) is 0 Å². The van der Waals surface area contributed by atoms with Gasteiger partial charge in [-0.05, 0) is 12.3 Å². The number of halogens is 2. The molecule has 0 radical (unpaired) electrons. The van der Waals surface area contributed by atoms with Crippen LogP contribution < -0.4 is 5.73 Å². The predicted octanol–water partition coefficient (Wildman–Crippen LogP) is -1.45. The molecule has 1 aliphatic heterocycles. The van der Waals surface area contributed by atoms with Crippen LogP contribution in [-0.2, 0) is 16.0 Å². The molecule has 1 saturated heterocycles. The third-order valence-corrected chi connectivity index (χ3v) is 4.43. The third kappa shape index (κ3) is 4.09. The van der Waals surface area contributed by atoms with Crippen molar-refractivity contribution in [1.29, 1.82) is 0 Å². The maximum absolute atomic E-state index is 14.8. The molecule has 6 N–H and O–H groups in total. The average molecular weight is 394 g/mol. The number of carbonyl (C=O) groups is 1. The number of aliphatic carboxylic acids is 1. The van der Waals surface area contributed by atoms with Gasteiger partial charge in [0.2, 0.25) is 0 Å². The number of aliphatic hydroxyl groups is 3. The first-order chi connectivity index (χ1) is 12.5. The zero-order chi connectivity index (χ0) is 20.5. The van der Waals surface area contributed by atoms with Crippen LogP contribution in [0.1, 0.15) is 25.6 Å². The minimum Gasteiger partial charge on any atom is -0.477 e. The minimum absolute atomic E-state index is 0.202. The van der Waals surface area contributed by atoms with Crippen molar-refractivity contribution >= 4 is 5.97 Å². The van der Waals surface area contributed by atoms with Gasteiger partial charge in [-0.15, -0.1) is 5.10 Å². The van der Waals surface area contributed by atoms with Gasteiger partial charge in [0.05, 0.1) is 18.3 Å². The molecule has 0 amide bonds. The zero-order valence-corrected chi connectivity index (χ0v) is 14.8. The molecule has 0 spiro atoms. The van der Waals surface area contributed by atoms with E-state index in [9.17, 15) is 23.8 Å². The molecular formula is C15H24F2N4O6. The van der Waals surface area contributed by atoms with Crippen molar-refractivity contribution in [2.24, 2.45) is 11.7 Å². The lowest BCUT2D eigenvalue weighted by molar-refractivity contribution is -0.281. The maximum Gasteiger partial charge on any atom is 0.372 e. The molecule has 0 aromatic carbocycles. The first kappa shape index (κ1) is 21.6. The fraction of sp³-hybridized carbons (Fsp3) is 0.800. The van der Waals surface area contributed by atoms with Crippen LogP contribution in [-0.4, -0.2) is 84.4 Å². The minimum atomic E-state index is -3.84. The predicted molar refractivity (Wildman–Crippen MR) is 85.9 cm³/mol. The van der Waals surface area contributed by atoms with Gasteiger partial charge in [-0.3, -0.25) is 0 Å². The van der Waals surface area contributed by atoms with E-state index in [0.29, 0.717) is 12.1 Å². The Morgan fingerprint density at radius 1 is 1.48 bits per heavy atom.